The number of hydrogen-bond acceptors (Lipinski definition) is 9. The van der Waals surface area contributed by atoms with Crippen molar-refractivity contribution in [2.75, 3.05) is 13.2 Å². The molecule has 216 valence electrons. The summed E-state index contributed by atoms with van der Waals surface area (Å²) in [7, 11) is 0. The van der Waals surface area contributed by atoms with E-state index in [1.54, 1.807) is 0 Å². The lowest BCUT2D eigenvalue weighted by Gasteiger charge is -2.32. The third kappa shape index (κ3) is 20.4. The van der Waals surface area contributed by atoms with Crippen molar-refractivity contribution in [3.63, 3.8) is 0 Å². The first-order chi connectivity index (χ1) is 17.4. The van der Waals surface area contributed by atoms with Gasteiger partial charge in [0.15, 0.2) is 0 Å². The predicted octanol–water partition coefficient (Wildman–Crippen LogP) is 3.63. The minimum absolute atomic E-state index is 0.118. The molecule has 12 heteroatoms. The number of rotatable bonds is 16. The summed E-state index contributed by atoms with van der Waals surface area (Å²) in [5, 5.41) is 7.60. The lowest BCUT2D eigenvalue weighted by Crippen LogP contribution is -2.33. The summed E-state index contributed by atoms with van der Waals surface area (Å²) in [5.74, 6) is -1.96. The van der Waals surface area contributed by atoms with Gasteiger partial charge in [-0.3, -0.25) is 0 Å². The molecule has 0 spiro atoms. The Balaban J connectivity index is 0. The van der Waals surface area contributed by atoms with Crippen molar-refractivity contribution in [3.05, 3.63) is 37.0 Å². The van der Waals surface area contributed by atoms with Crippen molar-refractivity contribution in [2.24, 2.45) is 22.8 Å². The van der Waals surface area contributed by atoms with Crippen LogP contribution >= 0.6 is 0 Å². The highest BCUT2D eigenvalue weighted by molar-refractivity contribution is 5.87. The standard InChI is InChI=1S/C23H38N2O8.C3H4O2/c1-14(2)19(26)30-12-17(32-21(24)28)9-8-16(5)10-23(6,7)11-18(33-22(25)29)13-31-20(27)15(3)4;1-2-3(4)5/h16-18H,1,3,8-13H2,2,4-7H3,(H2,24,28)(H2,25,29);2H,1H2,(H,4,5). The summed E-state index contributed by atoms with van der Waals surface area (Å²) in [6, 6.07) is 0. The lowest BCUT2D eigenvalue weighted by molar-refractivity contribution is -0.143. The molecule has 38 heavy (non-hydrogen) atoms. The third-order valence-electron chi connectivity index (χ3n) is 4.90. The number of aliphatic carboxylic acids is 1. The van der Waals surface area contributed by atoms with E-state index < -0.39 is 42.3 Å². The molecule has 3 unspecified atom stereocenters. The smallest absolute Gasteiger partial charge is 0.404 e. The highest BCUT2D eigenvalue weighted by Gasteiger charge is 2.29. The Labute approximate surface area is 224 Å². The third-order valence-corrected chi connectivity index (χ3v) is 4.90. The van der Waals surface area contributed by atoms with E-state index >= 15 is 0 Å². The van der Waals surface area contributed by atoms with E-state index in [0.29, 0.717) is 19.3 Å². The average molecular weight is 543 g/mol. The average Bonchev–Trinajstić information content (AvgIpc) is 2.77. The summed E-state index contributed by atoms with van der Waals surface area (Å²) >= 11 is 0. The van der Waals surface area contributed by atoms with Crippen LogP contribution in [0.4, 0.5) is 9.59 Å². The summed E-state index contributed by atoms with van der Waals surface area (Å²) in [4.78, 5) is 54.9. The van der Waals surface area contributed by atoms with E-state index in [4.69, 9.17) is 35.5 Å². The van der Waals surface area contributed by atoms with Crippen molar-refractivity contribution in [2.45, 2.75) is 72.5 Å². The molecule has 0 heterocycles. The first kappa shape index (κ1) is 36.3. The largest absolute Gasteiger partial charge is 0.478 e. The zero-order valence-corrected chi connectivity index (χ0v) is 22.9. The van der Waals surface area contributed by atoms with Crippen LogP contribution in [-0.2, 0) is 33.3 Å². The van der Waals surface area contributed by atoms with E-state index in [2.05, 4.69) is 19.7 Å². The minimum atomic E-state index is -0.981. The number of nitrogens with two attached hydrogens (primary N) is 2. The number of carbonyl (C=O) groups excluding carboxylic acids is 4. The number of esters is 2. The summed E-state index contributed by atoms with van der Waals surface area (Å²) in [6.45, 7) is 18.8. The molecule has 0 saturated heterocycles. The minimum Gasteiger partial charge on any atom is -0.478 e. The molecule has 0 aliphatic carbocycles. The van der Waals surface area contributed by atoms with Gasteiger partial charge in [0, 0.05) is 17.2 Å². The molecule has 3 atom stereocenters. The Morgan fingerprint density at radius 3 is 1.61 bits per heavy atom. The monoisotopic (exact) mass is 542 g/mol. The Morgan fingerprint density at radius 2 is 1.24 bits per heavy atom. The Kier molecular flexibility index (Phi) is 17.6. The molecule has 0 aromatic heterocycles. The normalized spacial score (nSPS) is 12.8. The molecule has 0 aromatic rings. The Bertz CT molecular complexity index is 866. The predicted molar refractivity (Wildman–Crippen MR) is 140 cm³/mol. The van der Waals surface area contributed by atoms with Crippen LogP contribution in [0.25, 0.3) is 0 Å². The fourth-order valence-corrected chi connectivity index (χ4v) is 3.44. The molecule has 0 rings (SSSR count). The van der Waals surface area contributed by atoms with Crippen molar-refractivity contribution in [1.82, 2.24) is 0 Å². The fourth-order valence-electron chi connectivity index (χ4n) is 3.44. The molecule has 0 radical (unpaired) electrons. The van der Waals surface area contributed by atoms with E-state index in [1.165, 1.54) is 13.8 Å². The fraction of sp³-hybridized carbons (Fsp3) is 0.577. The van der Waals surface area contributed by atoms with E-state index in [1.807, 2.05) is 20.8 Å². The van der Waals surface area contributed by atoms with Crippen LogP contribution in [0.3, 0.4) is 0 Å². The van der Waals surface area contributed by atoms with Crippen LogP contribution in [0.2, 0.25) is 0 Å². The van der Waals surface area contributed by atoms with Crippen molar-refractivity contribution < 1.29 is 48.0 Å². The van der Waals surface area contributed by atoms with Gasteiger partial charge >= 0.3 is 30.1 Å². The number of carbonyl (C=O) groups is 5. The van der Waals surface area contributed by atoms with Crippen molar-refractivity contribution in [1.29, 1.82) is 0 Å². The molecule has 0 aromatic carbocycles. The van der Waals surface area contributed by atoms with Gasteiger partial charge in [0.1, 0.15) is 25.4 Å². The maximum absolute atomic E-state index is 11.7. The Morgan fingerprint density at radius 1 is 0.842 bits per heavy atom. The number of carboxylic acid groups (broad SMARTS) is 1. The molecular weight excluding hydrogens is 500 g/mol. The molecule has 5 N–H and O–H groups in total. The molecule has 12 nitrogen and oxygen atoms in total. The molecule has 0 bridgehead atoms. The molecule has 0 aliphatic heterocycles. The van der Waals surface area contributed by atoms with Gasteiger partial charge in [-0.05, 0) is 50.9 Å². The van der Waals surface area contributed by atoms with Crippen LogP contribution in [0.5, 0.6) is 0 Å². The van der Waals surface area contributed by atoms with Gasteiger partial charge in [0.25, 0.3) is 0 Å². The number of ether oxygens (including phenoxy) is 4. The quantitative estimate of drug-likeness (QED) is 0.147. The second-order valence-electron chi connectivity index (χ2n) is 9.67. The molecule has 2 amide bonds. The lowest BCUT2D eigenvalue weighted by atomic mass is 9.77. The van der Waals surface area contributed by atoms with Crippen LogP contribution < -0.4 is 11.5 Å². The van der Waals surface area contributed by atoms with E-state index in [9.17, 15) is 24.0 Å². The first-order valence-corrected chi connectivity index (χ1v) is 11.8. The van der Waals surface area contributed by atoms with Gasteiger partial charge in [-0.2, -0.15) is 0 Å². The van der Waals surface area contributed by atoms with Crippen LogP contribution in [0.1, 0.15) is 60.3 Å². The molecular formula is C26H42N2O10. The number of carboxylic acids is 1. The van der Waals surface area contributed by atoms with Gasteiger partial charge < -0.3 is 35.5 Å². The van der Waals surface area contributed by atoms with Gasteiger partial charge in [0.2, 0.25) is 0 Å². The first-order valence-electron chi connectivity index (χ1n) is 11.8. The second kappa shape index (κ2) is 18.4. The zero-order valence-electron chi connectivity index (χ0n) is 22.9. The van der Waals surface area contributed by atoms with Crippen LogP contribution in [-0.4, -0.2) is 60.6 Å². The highest BCUT2D eigenvalue weighted by Crippen LogP contribution is 2.33. The SMILES string of the molecule is C=C(C)C(=O)OCC(CCC(C)CC(C)(C)CC(COC(=O)C(=C)C)OC(N)=O)OC(N)=O.C=CC(=O)O. The van der Waals surface area contributed by atoms with E-state index in [0.717, 1.165) is 12.5 Å². The topological polar surface area (TPSA) is 195 Å². The molecule has 0 aliphatic rings. The van der Waals surface area contributed by atoms with Gasteiger partial charge in [-0.15, -0.1) is 0 Å². The van der Waals surface area contributed by atoms with Crippen LogP contribution in [0.15, 0.2) is 37.0 Å². The number of primary amides is 2. The summed E-state index contributed by atoms with van der Waals surface area (Å²) < 4.78 is 20.4. The summed E-state index contributed by atoms with van der Waals surface area (Å²) in [5.41, 5.74) is 10.4. The second-order valence-corrected chi connectivity index (χ2v) is 9.67. The number of amides is 2. The van der Waals surface area contributed by atoms with E-state index in [-0.39, 0.29) is 35.7 Å². The Hall–Kier alpha value is -3.83. The van der Waals surface area contributed by atoms with Gasteiger partial charge in [-0.1, -0.05) is 40.5 Å². The van der Waals surface area contributed by atoms with Gasteiger partial charge in [-0.25, -0.2) is 24.0 Å². The number of hydrogen-bond donors (Lipinski definition) is 3. The maximum Gasteiger partial charge on any atom is 0.404 e. The van der Waals surface area contributed by atoms with Crippen molar-refractivity contribution >= 4 is 30.1 Å². The highest BCUT2D eigenvalue weighted by atomic mass is 16.6. The summed E-state index contributed by atoms with van der Waals surface area (Å²) in [6.07, 6.45) is -0.250. The van der Waals surface area contributed by atoms with Gasteiger partial charge in [0.05, 0.1) is 0 Å². The van der Waals surface area contributed by atoms with Crippen molar-refractivity contribution in [3.8, 4) is 0 Å². The maximum atomic E-state index is 11.7. The zero-order chi connectivity index (χ0) is 30.1. The van der Waals surface area contributed by atoms with Crippen LogP contribution in [0, 0.1) is 11.3 Å². The molecule has 0 saturated carbocycles. The molecule has 0 fully saturated rings.